The van der Waals surface area contributed by atoms with Crippen LogP contribution in [0.2, 0.25) is 0 Å². The Morgan fingerprint density at radius 3 is 2.50 bits per heavy atom. The van der Waals surface area contributed by atoms with Crippen LogP contribution < -0.4 is 14.8 Å². The number of morpholine rings is 1. The summed E-state index contributed by atoms with van der Waals surface area (Å²) in [5.74, 6) is 0.245. The number of nitrogens with one attached hydrogen (secondary N) is 2. The van der Waals surface area contributed by atoms with Gasteiger partial charge in [0.15, 0.2) is 0 Å². The molecule has 26 heavy (non-hydrogen) atoms. The highest BCUT2D eigenvalue weighted by Crippen LogP contribution is 2.16. The minimum Gasteiger partial charge on any atom is -0.497 e. The van der Waals surface area contributed by atoms with Gasteiger partial charge in [-0.15, -0.1) is 0 Å². The Hall–Kier alpha value is -1.68. The molecule has 1 heterocycles. The number of ether oxygens (including phenoxy) is 2. The fraction of sp³-hybridized carbons (Fsp3) is 0.588. The summed E-state index contributed by atoms with van der Waals surface area (Å²) in [5.41, 5.74) is 0. The second kappa shape index (κ2) is 9.86. The third kappa shape index (κ3) is 5.94. The highest BCUT2D eigenvalue weighted by molar-refractivity contribution is 7.89. The molecule has 0 radical (unpaired) electrons. The van der Waals surface area contributed by atoms with Crippen LogP contribution in [0.4, 0.5) is 0 Å². The summed E-state index contributed by atoms with van der Waals surface area (Å²) in [6, 6.07) is 5.22. The first-order valence-corrected chi connectivity index (χ1v) is 10.2. The normalized spacial score (nSPS) is 16.8. The van der Waals surface area contributed by atoms with Gasteiger partial charge in [0, 0.05) is 26.2 Å². The van der Waals surface area contributed by atoms with Crippen LogP contribution in [0.5, 0.6) is 5.75 Å². The van der Waals surface area contributed by atoms with E-state index in [0.29, 0.717) is 31.9 Å². The summed E-state index contributed by atoms with van der Waals surface area (Å²) in [6.07, 6.45) is 0.360. The summed E-state index contributed by atoms with van der Waals surface area (Å²) in [7, 11) is -2.27. The predicted molar refractivity (Wildman–Crippen MR) is 97.7 cm³/mol. The molecular formula is C17H27N3O5S. The van der Waals surface area contributed by atoms with Gasteiger partial charge in [0.05, 0.1) is 25.2 Å². The molecule has 2 rings (SSSR count). The predicted octanol–water partition coefficient (Wildman–Crippen LogP) is 0.201. The van der Waals surface area contributed by atoms with Crippen LogP contribution in [0.1, 0.15) is 13.3 Å². The molecule has 1 aliphatic rings. The largest absolute Gasteiger partial charge is 0.497 e. The molecule has 2 N–H and O–H groups in total. The molecule has 1 fully saturated rings. The van der Waals surface area contributed by atoms with Crippen LogP contribution in [-0.2, 0) is 19.6 Å². The van der Waals surface area contributed by atoms with Gasteiger partial charge in [-0.2, -0.15) is 4.72 Å². The van der Waals surface area contributed by atoms with Crippen molar-refractivity contribution in [2.45, 2.75) is 24.3 Å². The van der Waals surface area contributed by atoms with Crippen molar-refractivity contribution in [1.82, 2.24) is 14.9 Å². The molecule has 1 aromatic carbocycles. The van der Waals surface area contributed by atoms with Gasteiger partial charge < -0.3 is 14.8 Å². The minimum absolute atomic E-state index is 0.0952. The molecule has 1 unspecified atom stereocenters. The topological polar surface area (TPSA) is 97.0 Å². The van der Waals surface area contributed by atoms with E-state index in [2.05, 4.69) is 14.9 Å². The lowest BCUT2D eigenvalue weighted by molar-refractivity contribution is -0.122. The number of carbonyl (C=O) groups is 1. The molecule has 0 aromatic heterocycles. The minimum atomic E-state index is -3.78. The number of benzene rings is 1. The highest BCUT2D eigenvalue weighted by Gasteiger charge is 2.24. The van der Waals surface area contributed by atoms with Crippen LogP contribution in [0.15, 0.2) is 29.2 Å². The van der Waals surface area contributed by atoms with E-state index >= 15 is 0 Å². The first kappa shape index (κ1) is 20.6. The molecule has 8 nitrogen and oxygen atoms in total. The Kier molecular flexibility index (Phi) is 7.83. The van der Waals surface area contributed by atoms with Gasteiger partial charge >= 0.3 is 0 Å². The third-order valence-corrected chi connectivity index (χ3v) is 5.71. The van der Waals surface area contributed by atoms with Crippen molar-refractivity contribution in [3.8, 4) is 5.75 Å². The lowest BCUT2D eigenvalue weighted by atomic mass is 10.2. The van der Waals surface area contributed by atoms with Crippen LogP contribution in [0.3, 0.4) is 0 Å². The van der Waals surface area contributed by atoms with Crippen molar-refractivity contribution in [3.63, 3.8) is 0 Å². The van der Waals surface area contributed by atoms with Crippen LogP contribution in [0.25, 0.3) is 0 Å². The van der Waals surface area contributed by atoms with Gasteiger partial charge in [0.1, 0.15) is 11.8 Å². The summed E-state index contributed by atoms with van der Waals surface area (Å²) in [4.78, 5) is 14.6. The third-order valence-electron chi connectivity index (χ3n) is 4.22. The van der Waals surface area contributed by atoms with E-state index in [1.54, 1.807) is 19.1 Å². The quantitative estimate of drug-likeness (QED) is 0.630. The van der Waals surface area contributed by atoms with Crippen molar-refractivity contribution in [1.29, 1.82) is 0 Å². The zero-order valence-electron chi connectivity index (χ0n) is 15.2. The van der Waals surface area contributed by atoms with Crippen molar-refractivity contribution in [3.05, 3.63) is 24.3 Å². The van der Waals surface area contributed by atoms with E-state index < -0.39 is 16.1 Å². The summed E-state index contributed by atoms with van der Waals surface area (Å²) < 4.78 is 37.7. The van der Waals surface area contributed by atoms with Gasteiger partial charge in [-0.1, -0.05) is 6.92 Å². The molecule has 0 aliphatic carbocycles. The van der Waals surface area contributed by atoms with Gasteiger partial charge in [-0.05, 0) is 30.7 Å². The van der Waals surface area contributed by atoms with Gasteiger partial charge in [0.2, 0.25) is 15.9 Å². The number of methoxy groups -OCH3 is 1. The highest BCUT2D eigenvalue weighted by atomic mass is 32.2. The van der Waals surface area contributed by atoms with Crippen LogP contribution >= 0.6 is 0 Å². The molecular weight excluding hydrogens is 358 g/mol. The molecule has 0 bridgehead atoms. The lowest BCUT2D eigenvalue weighted by Gasteiger charge is -2.26. The van der Waals surface area contributed by atoms with Gasteiger partial charge in [-0.25, -0.2) is 8.42 Å². The number of hydrogen-bond donors (Lipinski definition) is 2. The number of sulfonamides is 1. The second-order valence-electron chi connectivity index (χ2n) is 6.00. The molecule has 1 amide bonds. The van der Waals surface area contributed by atoms with E-state index in [1.807, 2.05) is 0 Å². The smallest absolute Gasteiger partial charge is 0.241 e. The number of carbonyl (C=O) groups excluding carboxylic acids is 1. The van der Waals surface area contributed by atoms with E-state index in [-0.39, 0.29) is 10.8 Å². The second-order valence-corrected chi connectivity index (χ2v) is 7.72. The summed E-state index contributed by atoms with van der Waals surface area (Å²) in [6.45, 7) is 6.05. The summed E-state index contributed by atoms with van der Waals surface area (Å²) in [5, 5.41) is 2.80. The fourth-order valence-electron chi connectivity index (χ4n) is 2.62. The SMILES string of the molecule is CCC(NS(=O)(=O)c1ccc(OC)cc1)C(=O)NCCN1CCOCC1. The standard InChI is InChI=1S/C17H27N3O5S/c1-3-16(17(21)18-8-9-20-10-12-25-13-11-20)19-26(22,23)15-6-4-14(24-2)5-7-15/h4-7,16,19H,3,8-13H2,1-2H3,(H,18,21). The maximum Gasteiger partial charge on any atom is 0.241 e. The maximum absolute atomic E-state index is 12.5. The monoisotopic (exact) mass is 385 g/mol. The van der Waals surface area contributed by atoms with Crippen molar-refractivity contribution < 1.29 is 22.7 Å². The Labute approximate surface area is 154 Å². The van der Waals surface area contributed by atoms with Crippen molar-refractivity contribution in [2.24, 2.45) is 0 Å². The average molecular weight is 385 g/mol. The lowest BCUT2D eigenvalue weighted by Crippen LogP contribution is -2.48. The Bertz CT molecular complexity index is 672. The van der Waals surface area contributed by atoms with Gasteiger partial charge in [-0.3, -0.25) is 9.69 Å². The maximum atomic E-state index is 12.5. The number of nitrogens with zero attached hydrogens (tertiary/aromatic N) is 1. The molecule has 1 saturated heterocycles. The Morgan fingerprint density at radius 1 is 1.27 bits per heavy atom. The Balaban J connectivity index is 1.88. The molecule has 1 atom stereocenters. The zero-order chi connectivity index (χ0) is 19.0. The van der Waals surface area contributed by atoms with E-state index in [0.717, 1.165) is 19.6 Å². The Morgan fingerprint density at radius 2 is 1.92 bits per heavy atom. The average Bonchev–Trinajstić information content (AvgIpc) is 2.67. The molecule has 0 spiro atoms. The van der Waals surface area contributed by atoms with Gasteiger partial charge in [0.25, 0.3) is 0 Å². The van der Waals surface area contributed by atoms with Crippen molar-refractivity contribution in [2.75, 3.05) is 46.5 Å². The zero-order valence-corrected chi connectivity index (χ0v) is 16.0. The molecule has 146 valence electrons. The first-order chi connectivity index (χ1) is 12.5. The van der Waals surface area contributed by atoms with E-state index in [9.17, 15) is 13.2 Å². The molecule has 1 aliphatic heterocycles. The van der Waals surface area contributed by atoms with Crippen LogP contribution in [0, 0.1) is 0 Å². The number of hydrogen-bond acceptors (Lipinski definition) is 6. The van der Waals surface area contributed by atoms with Crippen LogP contribution in [-0.4, -0.2) is 71.8 Å². The van der Waals surface area contributed by atoms with Crippen molar-refractivity contribution >= 4 is 15.9 Å². The molecule has 9 heteroatoms. The van der Waals surface area contributed by atoms with E-state index in [4.69, 9.17) is 9.47 Å². The molecule has 0 saturated carbocycles. The first-order valence-electron chi connectivity index (χ1n) is 8.70. The molecule has 1 aromatic rings. The van der Waals surface area contributed by atoms with E-state index in [1.165, 1.54) is 19.2 Å². The number of amides is 1. The summed E-state index contributed by atoms with van der Waals surface area (Å²) >= 11 is 0. The number of rotatable bonds is 9. The fourth-order valence-corrected chi connectivity index (χ4v) is 3.90.